The van der Waals surface area contributed by atoms with Gasteiger partial charge < -0.3 is 15.3 Å². The van der Waals surface area contributed by atoms with Crippen molar-refractivity contribution in [1.82, 2.24) is 0 Å². The van der Waals surface area contributed by atoms with Crippen LogP contribution in [0.3, 0.4) is 0 Å². The lowest BCUT2D eigenvalue weighted by molar-refractivity contribution is -0.125. The summed E-state index contributed by atoms with van der Waals surface area (Å²) in [5.74, 6) is -0.306. The summed E-state index contributed by atoms with van der Waals surface area (Å²) in [5, 5.41) is 29.9. The number of hydrogen-bond acceptors (Lipinski definition) is 3. The van der Waals surface area contributed by atoms with Crippen LogP contribution in [-0.2, 0) is 0 Å². The number of hydrogen-bond donors (Lipinski definition) is 3. The Bertz CT molecular complexity index is 169. The lowest BCUT2D eigenvalue weighted by Gasteiger charge is -2.42. The van der Waals surface area contributed by atoms with E-state index in [-0.39, 0.29) is 5.92 Å². The number of aliphatic hydroxyl groups is 3. The van der Waals surface area contributed by atoms with Crippen molar-refractivity contribution >= 4 is 0 Å². The Balaban J connectivity index is 4.89. The summed E-state index contributed by atoms with van der Waals surface area (Å²) in [7, 11) is 0. The molecule has 0 aliphatic rings. The van der Waals surface area contributed by atoms with Gasteiger partial charge in [-0.2, -0.15) is 0 Å². The second kappa shape index (κ2) is 5.28. The first kappa shape index (κ1) is 14.9. The van der Waals surface area contributed by atoms with Crippen LogP contribution in [0.15, 0.2) is 0 Å². The third-order valence-electron chi connectivity index (χ3n) is 3.51. The van der Waals surface area contributed by atoms with Gasteiger partial charge in [0.05, 0.1) is 17.3 Å². The minimum Gasteiger partial charge on any atom is -0.393 e. The lowest BCUT2D eigenvalue weighted by Crippen LogP contribution is -2.49. The Morgan fingerprint density at radius 2 is 1.33 bits per heavy atom. The van der Waals surface area contributed by atoms with Crippen molar-refractivity contribution in [3.05, 3.63) is 0 Å². The maximum atomic E-state index is 10.2. The number of aliphatic hydroxyl groups excluding tert-OH is 1. The van der Waals surface area contributed by atoms with Crippen molar-refractivity contribution in [1.29, 1.82) is 0 Å². The molecular weight excluding hydrogens is 192 g/mol. The average molecular weight is 218 g/mol. The zero-order valence-corrected chi connectivity index (χ0v) is 10.6. The Labute approximate surface area is 93.1 Å². The Hall–Kier alpha value is -0.120. The summed E-state index contributed by atoms with van der Waals surface area (Å²) in [6.07, 6.45) is 1.05. The van der Waals surface area contributed by atoms with Crippen LogP contribution >= 0.6 is 0 Å². The van der Waals surface area contributed by atoms with Crippen LogP contribution in [-0.4, -0.2) is 32.6 Å². The molecule has 3 atom stereocenters. The summed E-state index contributed by atoms with van der Waals surface area (Å²) in [5.41, 5.74) is -1.87. The van der Waals surface area contributed by atoms with Gasteiger partial charge in [-0.15, -0.1) is 0 Å². The SMILES string of the molecule is CCC(C)(O)C(CC(C)O)C(C)(O)CC. The van der Waals surface area contributed by atoms with Crippen LogP contribution in [0.4, 0.5) is 0 Å². The van der Waals surface area contributed by atoms with Crippen molar-refractivity contribution in [2.45, 2.75) is 71.2 Å². The van der Waals surface area contributed by atoms with E-state index >= 15 is 0 Å². The average Bonchev–Trinajstić information content (AvgIpc) is 2.13. The summed E-state index contributed by atoms with van der Waals surface area (Å²) in [6.45, 7) is 8.92. The van der Waals surface area contributed by atoms with Crippen molar-refractivity contribution in [2.24, 2.45) is 5.92 Å². The molecule has 0 aromatic heterocycles. The van der Waals surface area contributed by atoms with Gasteiger partial charge >= 0.3 is 0 Å². The second-order valence-corrected chi connectivity index (χ2v) is 5.06. The minimum absolute atomic E-state index is 0.306. The van der Waals surface area contributed by atoms with E-state index in [9.17, 15) is 15.3 Å². The maximum Gasteiger partial charge on any atom is 0.0673 e. The third-order valence-corrected chi connectivity index (χ3v) is 3.51. The second-order valence-electron chi connectivity index (χ2n) is 5.06. The quantitative estimate of drug-likeness (QED) is 0.636. The largest absolute Gasteiger partial charge is 0.393 e. The smallest absolute Gasteiger partial charge is 0.0673 e. The fourth-order valence-electron chi connectivity index (χ4n) is 2.01. The Kier molecular flexibility index (Phi) is 5.24. The normalized spacial score (nSPS) is 24.0. The van der Waals surface area contributed by atoms with E-state index in [0.29, 0.717) is 19.3 Å². The lowest BCUT2D eigenvalue weighted by atomic mass is 9.71. The molecule has 0 fully saturated rings. The van der Waals surface area contributed by atoms with Gasteiger partial charge in [-0.1, -0.05) is 13.8 Å². The van der Waals surface area contributed by atoms with Gasteiger partial charge in [0.25, 0.3) is 0 Å². The molecule has 3 heteroatoms. The fraction of sp³-hybridized carbons (Fsp3) is 1.00. The number of rotatable bonds is 6. The molecule has 0 aromatic rings. The molecule has 0 saturated carbocycles. The minimum atomic E-state index is -0.934. The molecule has 0 aliphatic heterocycles. The summed E-state index contributed by atoms with van der Waals surface area (Å²) in [6, 6.07) is 0. The fourth-order valence-corrected chi connectivity index (χ4v) is 2.01. The summed E-state index contributed by atoms with van der Waals surface area (Å²) >= 11 is 0. The Morgan fingerprint density at radius 1 is 1.00 bits per heavy atom. The zero-order valence-electron chi connectivity index (χ0n) is 10.6. The van der Waals surface area contributed by atoms with Crippen molar-refractivity contribution < 1.29 is 15.3 Å². The molecular formula is C12H26O3. The van der Waals surface area contributed by atoms with Gasteiger partial charge in [-0.25, -0.2) is 0 Å². The van der Waals surface area contributed by atoms with Crippen LogP contribution in [0, 0.1) is 5.92 Å². The van der Waals surface area contributed by atoms with Crippen molar-refractivity contribution in [3.8, 4) is 0 Å². The third kappa shape index (κ3) is 4.09. The molecule has 0 radical (unpaired) electrons. The molecule has 0 heterocycles. The van der Waals surface area contributed by atoms with Gasteiger partial charge in [0, 0.05) is 5.92 Å². The highest BCUT2D eigenvalue weighted by molar-refractivity contribution is 4.93. The molecule has 0 spiro atoms. The molecule has 0 saturated heterocycles. The summed E-state index contributed by atoms with van der Waals surface area (Å²) in [4.78, 5) is 0. The predicted molar refractivity (Wildman–Crippen MR) is 61.6 cm³/mol. The van der Waals surface area contributed by atoms with Crippen LogP contribution in [0.5, 0.6) is 0 Å². The molecule has 3 unspecified atom stereocenters. The van der Waals surface area contributed by atoms with Crippen LogP contribution in [0.1, 0.15) is 53.9 Å². The maximum absolute atomic E-state index is 10.2. The van der Waals surface area contributed by atoms with E-state index in [0.717, 1.165) is 0 Å². The van der Waals surface area contributed by atoms with Gasteiger partial charge in [0.15, 0.2) is 0 Å². The molecule has 0 bridgehead atoms. The van der Waals surface area contributed by atoms with E-state index in [2.05, 4.69) is 0 Å². The van der Waals surface area contributed by atoms with E-state index in [1.807, 2.05) is 13.8 Å². The molecule has 0 aromatic carbocycles. The van der Waals surface area contributed by atoms with Gasteiger partial charge in [0.2, 0.25) is 0 Å². The Morgan fingerprint density at radius 3 is 1.53 bits per heavy atom. The molecule has 3 nitrogen and oxygen atoms in total. The van der Waals surface area contributed by atoms with Crippen molar-refractivity contribution in [3.63, 3.8) is 0 Å². The highest BCUT2D eigenvalue weighted by Crippen LogP contribution is 2.36. The van der Waals surface area contributed by atoms with Crippen LogP contribution in [0.25, 0.3) is 0 Å². The molecule has 92 valence electrons. The molecule has 0 aliphatic carbocycles. The molecule has 0 rings (SSSR count). The van der Waals surface area contributed by atoms with E-state index < -0.39 is 17.3 Å². The topological polar surface area (TPSA) is 60.7 Å². The highest BCUT2D eigenvalue weighted by atomic mass is 16.3. The summed E-state index contributed by atoms with van der Waals surface area (Å²) < 4.78 is 0. The van der Waals surface area contributed by atoms with Crippen LogP contribution < -0.4 is 0 Å². The first-order valence-corrected chi connectivity index (χ1v) is 5.80. The first-order valence-electron chi connectivity index (χ1n) is 5.80. The van der Waals surface area contributed by atoms with Gasteiger partial charge in [-0.05, 0) is 40.0 Å². The van der Waals surface area contributed by atoms with E-state index in [1.165, 1.54) is 0 Å². The van der Waals surface area contributed by atoms with Crippen LogP contribution in [0.2, 0.25) is 0 Å². The van der Waals surface area contributed by atoms with Crippen molar-refractivity contribution in [2.75, 3.05) is 0 Å². The molecule has 15 heavy (non-hydrogen) atoms. The highest BCUT2D eigenvalue weighted by Gasteiger charge is 2.42. The van der Waals surface area contributed by atoms with E-state index in [4.69, 9.17) is 0 Å². The van der Waals surface area contributed by atoms with Gasteiger partial charge in [0.1, 0.15) is 0 Å². The van der Waals surface area contributed by atoms with E-state index in [1.54, 1.807) is 20.8 Å². The predicted octanol–water partition coefficient (Wildman–Crippen LogP) is 1.70. The first-order chi connectivity index (χ1) is 6.67. The van der Waals surface area contributed by atoms with Gasteiger partial charge in [-0.3, -0.25) is 0 Å². The zero-order chi connectivity index (χ0) is 12.3. The monoisotopic (exact) mass is 218 g/mol. The molecule has 0 amide bonds. The molecule has 3 N–H and O–H groups in total. The standard InChI is InChI=1S/C12H26O3/c1-6-11(4,14)10(8-9(3)13)12(5,15)7-2/h9-10,13-15H,6-8H2,1-5H3.